The molecule has 1 saturated heterocycles. The predicted octanol–water partition coefficient (Wildman–Crippen LogP) is 7.92. The van der Waals surface area contributed by atoms with Gasteiger partial charge in [-0.25, -0.2) is 0 Å². The highest BCUT2D eigenvalue weighted by atomic mass is 16.7. The molecule has 260 valence electrons. The molecule has 1 heterocycles. The van der Waals surface area contributed by atoms with Crippen LogP contribution in [0, 0.1) is 0 Å². The largest absolute Gasteiger partial charge is 0.374 e. The Bertz CT molecular complexity index is 1610. The van der Waals surface area contributed by atoms with Crippen molar-refractivity contribution < 1.29 is 33.2 Å². The Labute approximate surface area is 295 Å². The molecule has 0 radical (unpaired) electrons. The van der Waals surface area contributed by atoms with Crippen molar-refractivity contribution in [1.29, 1.82) is 0 Å². The second-order valence-electron chi connectivity index (χ2n) is 12.3. The average molecular weight is 675 g/mol. The zero-order valence-corrected chi connectivity index (χ0v) is 28.3. The van der Waals surface area contributed by atoms with Crippen LogP contribution >= 0.6 is 0 Å². The maximum Gasteiger partial charge on any atom is 0.186 e. The van der Waals surface area contributed by atoms with Crippen molar-refractivity contribution in [2.75, 3.05) is 19.8 Å². The molecule has 0 spiro atoms. The molecule has 7 nitrogen and oxygen atoms in total. The van der Waals surface area contributed by atoms with Crippen molar-refractivity contribution in [3.05, 3.63) is 179 Å². The van der Waals surface area contributed by atoms with Crippen molar-refractivity contribution in [2.24, 2.45) is 0 Å². The summed E-state index contributed by atoms with van der Waals surface area (Å²) in [5.74, 6) is 0. The molecule has 1 aliphatic heterocycles. The van der Waals surface area contributed by atoms with Crippen molar-refractivity contribution in [2.45, 2.75) is 63.7 Å². The minimum Gasteiger partial charge on any atom is -0.374 e. The molecule has 0 aromatic heterocycles. The molecule has 1 fully saturated rings. The lowest BCUT2D eigenvalue weighted by Gasteiger charge is -2.42. The lowest BCUT2D eigenvalue weighted by molar-refractivity contribution is -0.304. The Hall–Kier alpha value is -4.18. The minimum absolute atomic E-state index is 0.235. The first-order valence-electron chi connectivity index (χ1n) is 17.3. The third-order valence-electron chi connectivity index (χ3n) is 8.45. The summed E-state index contributed by atoms with van der Waals surface area (Å²) in [7, 11) is 0. The molecule has 5 aromatic carbocycles. The zero-order chi connectivity index (χ0) is 34.1. The van der Waals surface area contributed by atoms with Crippen LogP contribution in [-0.4, -0.2) is 50.5 Å². The van der Waals surface area contributed by atoms with Crippen molar-refractivity contribution in [3.63, 3.8) is 0 Å². The molecule has 0 amide bonds. The minimum atomic E-state index is -0.729. The van der Waals surface area contributed by atoms with E-state index in [9.17, 15) is 0 Å². The van der Waals surface area contributed by atoms with Gasteiger partial charge in [-0.1, -0.05) is 152 Å². The quantitative estimate of drug-likeness (QED) is 0.0882. The van der Waals surface area contributed by atoms with Gasteiger partial charge in [-0.3, -0.25) is 0 Å². The summed E-state index contributed by atoms with van der Waals surface area (Å²) in [6.07, 6.45) is -2.53. The first kappa shape index (κ1) is 35.6. The van der Waals surface area contributed by atoms with E-state index < -0.39 is 18.5 Å². The highest BCUT2D eigenvalue weighted by Crippen LogP contribution is 2.28. The zero-order valence-electron chi connectivity index (χ0n) is 28.3. The van der Waals surface area contributed by atoms with Gasteiger partial charge in [-0.15, -0.1) is 0 Å². The van der Waals surface area contributed by atoms with Gasteiger partial charge in [0.2, 0.25) is 0 Å². The van der Waals surface area contributed by atoms with Crippen LogP contribution in [0.5, 0.6) is 0 Å². The van der Waals surface area contributed by atoms with Crippen molar-refractivity contribution >= 4 is 0 Å². The first-order chi connectivity index (χ1) is 24.8. The Morgan fingerprint density at radius 2 is 0.860 bits per heavy atom. The number of rotatable bonds is 19. The van der Waals surface area contributed by atoms with E-state index >= 15 is 0 Å². The highest BCUT2D eigenvalue weighted by Gasteiger charge is 2.44. The van der Waals surface area contributed by atoms with E-state index in [0.29, 0.717) is 39.6 Å². The Morgan fingerprint density at radius 3 is 1.36 bits per heavy atom. The van der Waals surface area contributed by atoms with E-state index in [1.54, 1.807) is 0 Å². The van der Waals surface area contributed by atoms with Gasteiger partial charge in [-0.05, 0) is 27.8 Å². The maximum atomic E-state index is 6.66. The molecule has 6 rings (SSSR count). The average Bonchev–Trinajstić information content (AvgIpc) is 3.18. The molecule has 5 aromatic rings. The van der Waals surface area contributed by atoms with Crippen LogP contribution in [0.15, 0.2) is 152 Å². The summed E-state index contributed by atoms with van der Waals surface area (Å²) in [6.45, 7) is 2.95. The highest BCUT2D eigenvalue weighted by molar-refractivity contribution is 5.17. The normalized spacial score (nSPS) is 19.6. The molecule has 1 aliphatic rings. The van der Waals surface area contributed by atoms with E-state index in [1.807, 2.05) is 140 Å². The standard InChI is InChI=1S/C43H46O7/c1-6-16-34(17-7-1)26-44-31-39(45-27-35-18-8-2-9-19-35)32-49-43-42(48-30-38-24-14-5-15-25-38)41(47-29-37-22-12-4-13-23-37)40(33-50-43)46-28-36-20-10-3-11-21-36/h1-25,39-43H,26-33H2/t39?,40-,41+,42-,43+/m1/s1. The van der Waals surface area contributed by atoms with Crippen LogP contribution in [0.4, 0.5) is 0 Å². The van der Waals surface area contributed by atoms with E-state index in [4.69, 9.17) is 33.2 Å². The van der Waals surface area contributed by atoms with Crippen LogP contribution in [0.3, 0.4) is 0 Å². The van der Waals surface area contributed by atoms with E-state index in [0.717, 1.165) is 27.8 Å². The number of ether oxygens (including phenoxy) is 7. The smallest absolute Gasteiger partial charge is 0.186 e. The summed E-state index contributed by atoms with van der Waals surface area (Å²) in [6, 6.07) is 50.5. The van der Waals surface area contributed by atoms with E-state index in [2.05, 4.69) is 12.1 Å². The number of hydrogen-bond donors (Lipinski definition) is 0. The molecule has 0 N–H and O–H groups in total. The summed E-state index contributed by atoms with van der Waals surface area (Å²) in [5, 5.41) is 0. The second-order valence-corrected chi connectivity index (χ2v) is 12.3. The maximum absolute atomic E-state index is 6.66. The summed E-state index contributed by atoms with van der Waals surface area (Å²) >= 11 is 0. The molecular weight excluding hydrogens is 628 g/mol. The summed E-state index contributed by atoms with van der Waals surface area (Å²) in [5.41, 5.74) is 5.35. The van der Waals surface area contributed by atoms with Gasteiger partial charge in [-0.2, -0.15) is 0 Å². The second kappa shape index (κ2) is 19.9. The fraction of sp³-hybridized carbons (Fsp3) is 0.302. The summed E-state index contributed by atoms with van der Waals surface area (Å²) < 4.78 is 45.2. The van der Waals surface area contributed by atoms with Gasteiger partial charge in [0.1, 0.15) is 24.4 Å². The van der Waals surface area contributed by atoms with Gasteiger partial charge in [0.05, 0.1) is 52.9 Å². The lowest BCUT2D eigenvalue weighted by Crippen LogP contribution is -2.57. The Kier molecular flexibility index (Phi) is 14.2. The van der Waals surface area contributed by atoms with Gasteiger partial charge in [0, 0.05) is 0 Å². The topological polar surface area (TPSA) is 64.6 Å². The molecule has 0 saturated carbocycles. The van der Waals surface area contributed by atoms with Crippen LogP contribution in [0.1, 0.15) is 27.8 Å². The Balaban J connectivity index is 1.18. The molecule has 1 unspecified atom stereocenters. The monoisotopic (exact) mass is 674 g/mol. The van der Waals surface area contributed by atoms with Gasteiger partial charge in [0.15, 0.2) is 6.29 Å². The van der Waals surface area contributed by atoms with Gasteiger partial charge in [0.25, 0.3) is 0 Å². The SMILES string of the molecule is c1ccc(COCC(CO[C@H]2OC[C@@H](OCc3ccccc3)[C@H](OCc3ccccc3)[C@H]2OCc2ccccc2)OCc2ccccc2)cc1. The van der Waals surface area contributed by atoms with Crippen LogP contribution < -0.4 is 0 Å². The predicted molar refractivity (Wildman–Crippen MR) is 192 cm³/mol. The van der Waals surface area contributed by atoms with Crippen LogP contribution in [0.2, 0.25) is 0 Å². The number of benzene rings is 5. The van der Waals surface area contributed by atoms with Gasteiger partial charge >= 0.3 is 0 Å². The fourth-order valence-electron chi connectivity index (χ4n) is 5.74. The van der Waals surface area contributed by atoms with Crippen LogP contribution in [-0.2, 0) is 66.2 Å². The fourth-order valence-corrected chi connectivity index (χ4v) is 5.74. The van der Waals surface area contributed by atoms with Crippen molar-refractivity contribution in [1.82, 2.24) is 0 Å². The molecule has 50 heavy (non-hydrogen) atoms. The first-order valence-corrected chi connectivity index (χ1v) is 17.3. The molecule has 5 atom stereocenters. The lowest BCUT2D eigenvalue weighted by atomic mass is 10.0. The molecule has 0 aliphatic carbocycles. The summed E-state index contributed by atoms with van der Waals surface area (Å²) in [4.78, 5) is 0. The molecular formula is C43H46O7. The van der Waals surface area contributed by atoms with Crippen molar-refractivity contribution in [3.8, 4) is 0 Å². The van der Waals surface area contributed by atoms with Crippen LogP contribution in [0.25, 0.3) is 0 Å². The number of hydrogen-bond acceptors (Lipinski definition) is 7. The molecule has 0 bridgehead atoms. The van der Waals surface area contributed by atoms with E-state index in [1.165, 1.54) is 0 Å². The third kappa shape index (κ3) is 11.4. The Morgan fingerprint density at radius 1 is 0.440 bits per heavy atom. The van der Waals surface area contributed by atoms with E-state index in [-0.39, 0.29) is 25.4 Å². The third-order valence-corrected chi connectivity index (χ3v) is 8.45. The van der Waals surface area contributed by atoms with Gasteiger partial charge < -0.3 is 33.2 Å². The molecule has 7 heteroatoms.